The number of halogens is 1. The number of nitrogens with one attached hydrogen (secondary N) is 2. The molecule has 1 amide bonds. The lowest BCUT2D eigenvalue weighted by molar-refractivity contribution is -0.124. The van der Waals surface area contributed by atoms with Crippen LogP contribution in [0, 0.1) is 5.92 Å². The molecule has 1 aromatic carbocycles. The summed E-state index contributed by atoms with van der Waals surface area (Å²) in [6.07, 6.45) is 5.66. The first-order valence-electron chi connectivity index (χ1n) is 9.76. The molecule has 1 saturated heterocycles. The number of primary amides is 1. The number of H-pyrrole nitrogens is 1. The number of fused-ring (bicyclic) bond motifs is 1. The van der Waals surface area contributed by atoms with Crippen molar-refractivity contribution in [3.63, 3.8) is 0 Å². The first kappa shape index (κ1) is 19.4. The smallest absolute Gasteiger partial charge is 0.243 e. The Labute approximate surface area is 173 Å². The van der Waals surface area contributed by atoms with Gasteiger partial charge in [0.15, 0.2) is 5.65 Å². The van der Waals surface area contributed by atoms with E-state index in [1.807, 2.05) is 25.1 Å². The van der Waals surface area contributed by atoms with Crippen LogP contribution in [0.25, 0.3) is 11.0 Å². The van der Waals surface area contributed by atoms with Gasteiger partial charge >= 0.3 is 0 Å². The second-order valence-electron chi connectivity index (χ2n) is 7.44. The molecule has 0 bridgehead atoms. The zero-order valence-electron chi connectivity index (χ0n) is 16.2. The van der Waals surface area contributed by atoms with E-state index in [9.17, 15) is 4.79 Å². The Morgan fingerprint density at radius 1 is 1.45 bits per heavy atom. The van der Waals surface area contributed by atoms with Crippen molar-refractivity contribution < 1.29 is 4.79 Å². The molecular formula is C20H24ClN7O. The summed E-state index contributed by atoms with van der Waals surface area (Å²) in [6, 6.07) is 7.38. The Kier molecular flexibility index (Phi) is 5.27. The Bertz CT molecular complexity index is 1020. The molecule has 0 spiro atoms. The summed E-state index contributed by atoms with van der Waals surface area (Å²) in [4.78, 5) is 23.6. The van der Waals surface area contributed by atoms with Crippen molar-refractivity contribution in [2.75, 3.05) is 23.3 Å². The van der Waals surface area contributed by atoms with Gasteiger partial charge in [0.05, 0.1) is 11.6 Å². The van der Waals surface area contributed by atoms with Crippen LogP contribution >= 0.6 is 11.6 Å². The highest BCUT2D eigenvalue weighted by atomic mass is 35.5. The predicted octanol–water partition coefficient (Wildman–Crippen LogP) is 2.97. The van der Waals surface area contributed by atoms with Crippen molar-refractivity contribution in [3.8, 4) is 0 Å². The van der Waals surface area contributed by atoms with E-state index in [4.69, 9.17) is 17.3 Å². The Hall–Kier alpha value is -2.87. The van der Waals surface area contributed by atoms with Gasteiger partial charge in [0.25, 0.3) is 0 Å². The Morgan fingerprint density at radius 2 is 2.31 bits per heavy atom. The first-order chi connectivity index (χ1) is 14.0. The van der Waals surface area contributed by atoms with Crippen molar-refractivity contribution in [1.29, 1.82) is 0 Å². The number of anilines is 2. The largest absolute Gasteiger partial charge is 0.371 e. The molecule has 0 saturated carbocycles. The molecule has 2 atom stereocenters. The van der Waals surface area contributed by atoms with Gasteiger partial charge in [-0.25, -0.2) is 9.97 Å². The van der Waals surface area contributed by atoms with Gasteiger partial charge < -0.3 is 16.0 Å². The maximum absolute atomic E-state index is 12.7. The molecule has 0 radical (unpaired) electrons. The van der Waals surface area contributed by atoms with Crippen LogP contribution in [-0.4, -0.2) is 44.7 Å². The van der Waals surface area contributed by atoms with Crippen LogP contribution in [0.15, 0.2) is 36.8 Å². The molecule has 152 valence electrons. The topological polar surface area (TPSA) is 113 Å². The van der Waals surface area contributed by atoms with E-state index in [0.29, 0.717) is 23.6 Å². The third-order valence-corrected chi connectivity index (χ3v) is 6.07. The number of carbonyl (C=O) groups is 1. The number of hydrogen-bond acceptors (Lipinski definition) is 6. The summed E-state index contributed by atoms with van der Waals surface area (Å²) >= 11 is 6.14. The Balaban J connectivity index is 1.66. The number of aromatic amines is 1. The van der Waals surface area contributed by atoms with E-state index in [1.165, 1.54) is 6.33 Å². The number of carbonyl (C=O) groups excluding carboxylic acids is 1. The number of nitrogens with zero attached hydrogens (tertiary/aromatic N) is 4. The van der Waals surface area contributed by atoms with Gasteiger partial charge in [-0.15, -0.1) is 0 Å². The molecule has 9 heteroatoms. The molecule has 29 heavy (non-hydrogen) atoms. The lowest BCUT2D eigenvalue weighted by atomic mass is 9.76. The zero-order valence-corrected chi connectivity index (χ0v) is 17.0. The second kappa shape index (κ2) is 7.87. The first-order valence-corrected chi connectivity index (χ1v) is 10.1. The van der Waals surface area contributed by atoms with E-state index in [1.54, 1.807) is 12.3 Å². The van der Waals surface area contributed by atoms with E-state index >= 15 is 0 Å². The number of piperidine rings is 1. The molecule has 2 aromatic heterocycles. The summed E-state index contributed by atoms with van der Waals surface area (Å²) in [7, 11) is 0. The minimum Gasteiger partial charge on any atom is -0.371 e. The number of aromatic nitrogens is 4. The van der Waals surface area contributed by atoms with E-state index < -0.39 is 5.54 Å². The normalized spacial score (nSPS) is 19.1. The molecule has 0 aliphatic carbocycles. The SMILES string of the molecule is CCC(Nc1cccc(Cl)c1)(C(N)=O)[C@@H]1CCCN(c2ncnc3[nH]ncc23)C1. The van der Waals surface area contributed by atoms with Crippen molar-refractivity contribution in [2.45, 2.75) is 31.7 Å². The fourth-order valence-electron chi connectivity index (χ4n) is 4.32. The van der Waals surface area contributed by atoms with Gasteiger partial charge in [-0.1, -0.05) is 24.6 Å². The van der Waals surface area contributed by atoms with Gasteiger partial charge in [-0.3, -0.25) is 9.89 Å². The van der Waals surface area contributed by atoms with E-state index in [0.717, 1.165) is 36.3 Å². The lowest BCUT2D eigenvalue weighted by Gasteiger charge is -2.44. The highest BCUT2D eigenvalue weighted by Gasteiger charge is 2.45. The molecule has 4 N–H and O–H groups in total. The summed E-state index contributed by atoms with van der Waals surface area (Å²) < 4.78 is 0. The minimum absolute atomic E-state index is 0.00893. The van der Waals surface area contributed by atoms with Crippen LogP contribution in [0.4, 0.5) is 11.5 Å². The summed E-state index contributed by atoms with van der Waals surface area (Å²) in [5, 5.41) is 11.9. The van der Waals surface area contributed by atoms with Gasteiger partial charge in [-0.05, 0) is 37.5 Å². The van der Waals surface area contributed by atoms with Crippen LogP contribution in [0.1, 0.15) is 26.2 Å². The Morgan fingerprint density at radius 3 is 3.07 bits per heavy atom. The average Bonchev–Trinajstić information content (AvgIpc) is 3.21. The number of rotatable bonds is 6. The number of benzene rings is 1. The lowest BCUT2D eigenvalue weighted by Crippen LogP contribution is -2.59. The van der Waals surface area contributed by atoms with Crippen molar-refractivity contribution >= 4 is 40.0 Å². The van der Waals surface area contributed by atoms with Crippen molar-refractivity contribution in [3.05, 3.63) is 41.8 Å². The molecule has 1 aliphatic heterocycles. The monoisotopic (exact) mass is 413 g/mol. The fourth-order valence-corrected chi connectivity index (χ4v) is 4.51. The highest BCUT2D eigenvalue weighted by molar-refractivity contribution is 6.30. The van der Waals surface area contributed by atoms with Crippen LogP contribution in [0.5, 0.6) is 0 Å². The van der Waals surface area contributed by atoms with Crippen LogP contribution < -0.4 is 16.0 Å². The maximum Gasteiger partial charge on any atom is 0.243 e. The molecule has 3 heterocycles. The number of hydrogen-bond donors (Lipinski definition) is 3. The summed E-state index contributed by atoms with van der Waals surface area (Å²) in [5.74, 6) is 0.475. The molecule has 3 aromatic rings. The van der Waals surface area contributed by atoms with Gasteiger partial charge in [0, 0.05) is 29.7 Å². The molecule has 1 aliphatic rings. The van der Waals surface area contributed by atoms with Crippen molar-refractivity contribution in [2.24, 2.45) is 11.7 Å². The van der Waals surface area contributed by atoms with Crippen molar-refractivity contribution in [1.82, 2.24) is 20.2 Å². The fraction of sp³-hybridized carbons (Fsp3) is 0.400. The van der Waals surface area contributed by atoms with E-state index in [-0.39, 0.29) is 11.8 Å². The molecule has 1 fully saturated rings. The van der Waals surface area contributed by atoms with Gasteiger partial charge in [0.2, 0.25) is 5.91 Å². The highest BCUT2D eigenvalue weighted by Crippen LogP contribution is 2.36. The van der Waals surface area contributed by atoms with E-state index in [2.05, 4.69) is 30.4 Å². The maximum atomic E-state index is 12.7. The molecule has 8 nitrogen and oxygen atoms in total. The van der Waals surface area contributed by atoms with Gasteiger partial charge in [-0.2, -0.15) is 5.10 Å². The predicted molar refractivity (Wildman–Crippen MR) is 114 cm³/mol. The number of nitrogens with two attached hydrogens (primary N) is 1. The standard InChI is InChI=1S/C20H24ClN7O/c1-2-20(19(22)29,26-15-7-3-6-14(21)9-15)13-5-4-8-28(11-13)18-16-10-25-27-17(16)23-12-24-18/h3,6-7,9-10,12-13,26H,2,4-5,8,11H2,1H3,(H2,22,29)(H,23,24,25,27)/t13-,20?/m1/s1. The third-order valence-electron chi connectivity index (χ3n) is 5.83. The van der Waals surface area contributed by atoms with Crippen LogP contribution in [-0.2, 0) is 4.79 Å². The van der Waals surface area contributed by atoms with Gasteiger partial charge in [0.1, 0.15) is 17.7 Å². The quantitative estimate of drug-likeness (QED) is 0.572. The molecule has 1 unspecified atom stereocenters. The summed E-state index contributed by atoms with van der Waals surface area (Å²) in [5.41, 5.74) is 6.57. The second-order valence-corrected chi connectivity index (χ2v) is 7.88. The zero-order chi connectivity index (χ0) is 20.4. The third kappa shape index (κ3) is 3.60. The molecule has 4 rings (SSSR count). The molecular weight excluding hydrogens is 390 g/mol. The minimum atomic E-state index is -0.883. The van der Waals surface area contributed by atoms with Crippen LogP contribution in [0.3, 0.4) is 0 Å². The van der Waals surface area contributed by atoms with Crippen LogP contribution in [0.2, 0.25) is 5.02 Å². The average molecular weight is 414 g/mol. The number of amides is 1. The summed E-state index contributed by atoms with van der Waals surface area (Å²) in [6.45, 7) is 3.49.